The van der Waals surface area contributed by atoms with E-state index in [0.717, 1.165) is 5.57 Å². The highest BCUT2D eigenvalue weighted by molar-refractivity contribution is 5.99. The molecule has 0 bridgehead atoms. The molecule has 2 aliphatic heterocycles. The third kappa shape index (κ3) is 6.87. The average Bonchev–Trinajstić information content (AvgIpc) is 2.92. The smallest absolute Gasteiger partial charge is 0.410 e. The van der Waals surface area contributed by atoms with Crippen molar-refractivity contribution in [3.8, 4) is 0 Å². The Morgan fingerprint density at radius 2 is 1.57 bits per heavy atom. The van der Waals surface area contributed by atoms with Gasteiger partial charge in [-0.1, -0.05) is 6.08 Å². The summed E-state index contributed by atoms with van der Waals surface area (Å²) in [7, 11) is 0. The van der Waals surface area contributed by atoms with Crippen molar-refractivity contribution in [2.24, 2.45) is 5.73 Å². The molecule has 2 aliphatic rings. The molecule has 4 rings (SSSR count). The first kappa shape index (κ1) is 28.4. The Hall–Kier alpha value is -4.61. The Labute approximate surface area is 232 Å². The molecular weight excluding hydrogens is 516 g/mol. The van der Waals surface area contributed by atoms with E-state index in [4.69, 9.17) is 15.6 Å². The van der Waals surface area contributed by atoms with Gasteiger partial charge in [0.1, 0.15) is 11.4 Å². The molecule has 2 aromatic rings. The molecule has 12 nitrogen and oxygen atoms in total. The van der Waals surface area contributed by atoms with Crippen LogP contribution in [0.1, 0.15) is 53.6 Å². The van der Waals surface area contributed by atoms with E-state index in [9.17, 15) is 19.2 Å². The maximum atomic E-state index is 13.1. The second kappa shape index (κ2) is 11.6. The van der Waals surface area contributed by atoms with E-state index < -0.39 is 17.6 Å². The summed E-state index contributed by atoms with van der Waals surface area (Å²) in [6.07, 6.45) is 0.948. The summed E-state index contributed by atoms with van der Waals surface area (Å²) in [6, 6.07) is 10.1. The maximum absolute atomic E-state index is 13.1. The van der Waals surface area contributed by atoms with Crippen molar-refractivity contribution in [3.05, 3.63) is 59.3 Å². The van der Waals surface area contributed by atoms with Crippen molar-refractivity contribution in [2.75, 3.05) is 44.6 Å². The number of nitrogens with two attached hydrogens (primary N) is 1. The van der Waals surface area contributed by atoms with E-state index in [0.29, 0.717) is 56.1 Å². The van der Waals surface area contributed by atoms with Gasteiger partial charge in [-0.3, -0.25) is 9.59 Å². The van der Waals surface area contributed by atoms with Crippen LogP contribution in [0.4, 0.5) is 21.1 Å². The second-order valence-electron chi connectivity index (χ2n) is 10.6. The van der Waals surface area contributed by atoms with Gasteiger partial charge in [0.15, 0.2) is 0 Å². The summed E-state index contributed by atoms with van der Waals surface area (Å²) in [4.78, 5) is 57.8. The van der Waals surface area contributed by atoms with Crippen molar-refractivity contribution in [1.82, 2.24) is 19.7 Å². The van der Waals surface area contributed by atoms with Crippen molar-refractivity contribution in [2.45, 2.75) is 32.8 Å². The predicted octanol–water partition coefficient (Wildman–Crippen LogP) is 3.38. The number of carboxylic acid groups (broad SMARTS) is 1. The molecule has 1 saturated heterocycles. The highest BCUT2D eigenvalue weighted by Crippen LogP contribution is 2.26. The zero-order valence-corrected chi connectivity index (χ0v) is 22.8. The molecule has 1 fully saturated rings. The second-order valence-corrected chi connectivity index (χ2v) is 10.6. The minimum absolute atomic E-state index is 0.145. The first-order valence-electron chi connectivity index (χ1n) is 13.0. The summed E-state index contributed by atoms with van der Waals surface area (Å²) < 4.78 is 5.41. The number of nitrogens with one attached hydrogen (secondary N) is 1. The van der Waals surface area contributed by atoms with Gasteiger partial charge in [0.05, 0.1) is 11.3 Å². The molecule has 12 heteroatoms. The van der Waals surface area contributed by atoms with Crippen molar-refractivity contribution in [3.63, 3.8) is 0 Å². The van der Waals surface area contributed by atoms with Crippen LogP contribution >= 0.6 is 0 Å². The normalized spacial score (nSPS) is 15.8. The summed E-state index contributed by atoms with van der Waals surface area (Å²) in [5.74, 6) is -0.523. The lowest BCUT2D eigenvalue weighted by molar-refractivity contribution is 0.0141. The number of rotatable bonds is 5. The van der Waals surface area contributed by atoms with E-state index in [2.05, 4.69) is 10.3 Å². The monoisotopic (exact) mass is 550 g/mol. The Morgan fingerprint density at radius 1 is 0.925 bits per heavy atom. The molecule has 40 heavy (non-hydrogen) atoms. The van der Waals surface area contributed by atoms with Gasteiger partial charge in [0.2, 0.25) is 0 Å². The van der Waals surface area contributed by atoms with Crippen LogP contribution in [0.2, 0.25) is 0 Å². The zero-order chi connectivity index (χ0) is 29.0. The van der Waals surface area contributed by atoms with Gasteiger partial charge in [0, 0.05) is 50.5 Å². The number of hydrogen-bond acceptors (Lipinski definition) is 7. The number of ether oxygens (including phenoxy) is 1. The summed E-state index contributed by atoms with van der Waals surface area (Å²) in [5.41, 5.74) is 7.78. The number of hydrogen-bond donors (Lipinski definition) is 3. The fraction of sp³-hybridized carbons (Fsp3) is 0.393. The standard InChI is InChI=1S/C28H34N6O6/c1-28(2,3)40-27(39)34-16-14-32(15-17-34)25(36)19-4-6-20(7-5-19)30-24-21(23(29)35)8-9-22(31-24)18-10-12-33(13-11-18)26(37)38/h4-10H,11-17H2,1-3H3,(H2,29,35)(H,30,31)(H,37,38). The van der Waals surface area contributed by atoms with Crippen LogP contribution in [0, 0.1) is 0 Å². The number of carbonyl (C=O) groups is 4. The third-order valence-corrected chi connectivity index (χ3v) is 6.58. The molecule has 0 unspecified atom stereocenters. The topological polar surface area (TPSA) is 158 Å². The first-order chi connectivity index (χ1) is 18.9. The van der Waals surface area contributed by atoms with Crippen LogP contribution in [0.3, 0.4) is 0 Å². The van der Waals surface area contributed by atoms with Crippen LogP contribution in [-0.4, -0.2) is 93.7 Å². The van der Waals surface area contributed by atoms with E-state index in [1.54, 1.807) is 52.3 Å². The maximum Gasteiger partial charge on any atom is 0.410 e. The number of primary amides is 1. The molecule has 4 amide bonds. The number of pyridine rings is 1. The van der Waals surface area contributed by atoms with Crippen LogP contribution in [0.15, 0.2) is 42.5 Å². The number of piperazine rings is 1. The minimum Gasteiger partial charge on any atom is -0.465 e. The highest BCUT2D eigenvalue weighted by atomic mass is 16.6. The zero-order valence-electron chi connectivity index (χ0n) is 22.8. The van der Waals surface area contributed by atoms with E-state index in [1.165, 1.54) is 4.90 Å². The van der Waals surface area contributed by atoms with E-state index in [1.807, 2.05) is 20.8 Å². The number of amides is 4. The van der Waals surface area contributed by atoms with Gasteiger partial charge in [-0.25, -0.2) is 14.6 Å². The molecule has 3 heterocycles. The number of anilines is 2. The molecule has 212 valence electrons. The van der Waals surface area contributed by atoms with Gasteiger partial charge < -0.3 is 35.6 Å². The Balaban J connectivity index is 1.42. The number of nitrogens with zero attached hydrogens (tertiary/aromatic N) is 4. The molecule has 0 aliphatic carbocycles. The Bertz CT molecular complexity index is 1330. The van der Waals surface area contributed by atoms with Gasteiger partial charge >= 0.3 is 12.2 Å². The van der Waals surface area contributed by atoms with E-state index in [-0.39, 0.29) is 29.9 Å². The van der Waals surface area contributed by atoms with Gasteiger partial charge in [-0.05, 0) is 69.2 Å². The van der Waals surface area contributed by atoms with Crippen LogP contribution in [0.5, 0.6) is 0 Å². The quantitative estimate of drug-likeness (QED) is 0.511. The van der Waals surface area contributed by atoms with E-state index >= 15 is 0 Å². The Morgan fingerprint density at radius 3 is 2.12 bits per heavy atom. The third-order valence-electron chi connectivity index (χ3n) is 6.58. The number of carbonyl (C=O) groups excluding carboxylic acids is 3. The molecule has 0 radical (unpaired) electrons. The largest absolute Gasteiger partial charge is 0.465 e. The van der Waals surface area contributed by atoms with Crippen molar-refractivity contribution < 1.29 is 29.0 Å². The lowest BCUT2D eigenvalue weighted by Gasteiger charge is -2.35. The minimum atomic E-state index is -0.973. The lowest BCUT2D eigenvalue weighted by atomic mass is 10.0. The summed E-state index contributed by atoms with van der Waals surface area (Å²) >= 11 is 0. The van der Waals surface area contributed by atoms with Crippen LogP contribution in [-0.2, 0) is 4.74 Å². The van der Waals surface area contributed by atoms with Gasteiger partial charge in [-0.2, -0.15) is 0 Å². The van der Waals surface area contributed by atoms with Crippen LogP contribution < -0.4 is 11.1 Å². The highest BCUT2D eigenvalue weighted by Gasteiger charge is 2.28. The molecule has 1 aromatic carbocycles. The van der Waals surface area contributed by atoms with Crippen molar-refractivity contribution >= 4 is 41.1 Å². The molecule has 0 atom stereocenters. The number of benzene rings is 1. The molecule has 0 spiro atoms. The number of aromatic nitrogens is 1. The van der Waals surface area contributed by atoms with Gasteiger partial charge in [0.25, 0.3) is 11.8 Å². The molecule has 4 N–H and O–H groups in total. The molecule has 0 saturated carbocycles. The fourth-order valence-corrected chi connectivity index (χ4v) is 4.44. The van der Waals surface area contributed by atoms with Gasteiger partial charge in [-0.15, -0.1) is 0 Å². The summed E-state index contributed by atoms with van der Waals surface area (Å²) in [5, 5.41) is 12.3. The average molecular weight is 551 g/mol. The first-order valence-corrected chi connectivity index (χ1v) is 13.0. The lowest BCUT2D eigenvalue weighted by Crippen LogP contribution is -2.51. The fourth-order valence-electron chi connectivity index (χ4n) is 4.44. The van der Waals surface area contributed by atoms with Crippen molar-refractivity contribution in [1.29, 1.82) is 0 Å². The predicted molar refractivity (Wildman–Crippen MR) is 148 cm³/mol. The van der Waals surface area contributed by atoms with Crippen LogP contribution in [0.25, 0.3) is 5.57 Å². The molecule has 1 aromatic heterocycles. The molecular formula is C28H34N6O6. The summed E-state index contributed by atoms with van der Waals surface area (Å²) in [6.45, 7) is 7.65. The SMILES string of the molecule is CC(C)(C)OC(=O)N1CCN(C(=O)c2ccc(Nc3nc(C4=CCN(C(=O)O)CC4)ccc3C(N)=O)cc2)CC1. The Kier molecular flexibility index (Phi) is 8.26.